The Kier molecular flexibility index (Phi) is 3.87. The Bertz CT molecular complexity index is 652. The van der Waals surface area contributed by atoms with Crippen LogP contribution in [0.3, 0.4) is 0 Å². The summed E-state index contributed by atoms with van der Waals surface area (Å²) in [5, 5.41) is 8.51. The lowest BCUT2D eigenvalue weighted by Crippen LogP contribution is -2.15. The van der Waals surface area contributed by atoms with E-state index in [2.05, 4.69) is 30.3 Å². The molecule has 0 fully saturated rings. The SMILES string of the molecule is CCc1nnc(NS(=O)(=O)c2cnc(NN)nc2)s1. The third-order valence-electron chi connectivity index (χ3n) is 2.06. The normalized spacial score (nSPS) is 11.3. The van der Waals surface area contributed by atoms with Crippen molar-refractivity contribution in [3.05, 3.63) is 17.4 Å². The number of aromatic nitrogens is 4. The molecule has 19 heavy (non-hydrogen) atoms. The fourth-order valence-corrected chi connectivity index (χ4v) is 2.94. The number of rotatable bonds is 5. The molecule has 0 aromatic carbocycles. The summed E-state index contributed by atoms with van der Waals surface area (Å²) in [6, 6.07) is 0. The molecule has 2 heterocycles. The maximum absolute atomic E-state index is 12.0. The second kappa shape index (κ2) is 5.42. The maximum atomic E-state index is 12.0. The summed E-state index contributed by atoms with van der Waals surface area (Å²) < 4.78 is 26.3. The molecule has 0 saturated carbocycles. The van der Waals surface area contributed by atoms with Gasteiger partial charge in [-0.15, -0.1) is 10.2 Å². The topological polar surface area (TPSA) is 136 Å². The molecule has 2 aromatic heterocycles. The van der Waals surface area contributed by atoms with Crippen LogP contribution >= 0.6 is 11.3 Å². The number of hydrogen-bond acceptors (Lipinski definition) is 9. The summed E-state index contributed by atoms with van der Waals surface area (Å²) in [7, 11) is -3.77. The number of aryl methyl sites for hydroxylation is 1. The summed E-state index contributed by atoms with van der Waals surface area (Å²) >= 11 is 1.18. The molecule has 9 nitrogen and oxygen atoms in total. The Balaban J connectivity index is 2.21. The molecule has 2 rings (SSSR count). The minimum Gasteiger partial charge on any atom is -0.292 e. The van der Waals surface area contributed by atoms with Crippen LogP contribution < -0.4 is 16.0 Å². The molecule has 0 amide bonds. The molecule has 0 aliphatic rings. The van der Waals surface area contributed by atoms with Gasteiger partial charge in [-0.25, -0.2) is 24.2 Å². The third-order valence-corrected chi connectivity index (χ3v) is 4.46. The zero-order valence-electron chi connectivity index (χ0n) is 9.86. The van der Waals surface area contributed by atoms with E-state index in [1.165, 1.54) is 11.3 Å². The van der Waals surface area contributed by atoms with Crippen molar-refractivity contribution in [2.75, 3.05) is 10.1 Å². The van der Waals surface area contributed by atoms with Crippen LogP contribution in [0.15, 0.2) is 17.3 Å². The standard InChI is InChI=1S/C8H11N7O2S2/c1-2-6-13-14-8(18-6)15-19(16,17)5-3-10-7(12-9)11-4-5/h3-4H,2,9H2,1H3,(H,14,15)(H,10,11,12). The molecule has 102 valence electrons. The minimum atomic E-state index is -3.77. The van der Waals surface area contributed by atoms with Gasteiger partial charge < -0.3 is 0 Å². The molecule has 4 N–H and O–H groups in total. The van der Waals surface area contributed by atoms with Crippen LogP contribution in [-0.4, -0.2) is 28.6 Å². The number of hydrazine groups is 1. The van der Waals surface area contributed by atoms with Crippen molar-refractivity contribution in [1.82, 2.24) is 20.2 Å². The number of hydrogen-bond donors (Lipinski definition) is 3. The van der Waals surface area contributed by atoms with Gasteiger partial charge in [0.05, 0.1) is 12.4 Å². The summed E-state index contributed by atoms with van der Waals surface area (Å²) in [5.74, 6) is 5.22. The number of sulfonamides is 1. The molecular formula is C8H11N7O2S2. The number of anilines is 2. The molecule has 0 aliphatic carbocycles. The van der Waals surface area contributed by atoms with Crippen LogP contribution in [0.2, 0.25) is 0 Å². The van der Waals surface area contributed by atoms with E-state index in [0.29, 0.717) is 6.42 Å². The highest BCUT2D eigenvalue weighted by atomic mass is 32.2. The first-order valence-electron chi connectivity index (χ1n) is 5.19. The molecule has 0 aliphatic heterocycles. The van der Waals surface area contributed by atoms with Crippen molar-refractivity contribution in [2.45, 2.75) is 18.2 Å². The van der Waals surface area contributed by atoms with Crippen LogP contribution in [0, 0.1) is 0 Å². The molecule has 0 radical (unpaired) electrons. The van der Waals surface area contributed by atoms with Gasteiger partial charge in [0.25, 0.3) is 10.0 Å². The minimum absolute atomic E-state index is 0.0836. The van der Waals surface area contributed by atoms with E-state index in [0.717, 1.165) is 17.4 Å². The molecule has 11 heteroatoms. The van der Waals surface area contributed by atoms with Crippen molar-refractivity contribution >= 4 is 32.4 Å². The van der Waals surface area contributed by atoms with Gasteiger partial charge >= 0.3 is 0 Å². The van der Waals surface area contributed by atoms with E-state index in [1.54, 1.807) is 0 Å². The third kappa shape index (κ3) is 3.13. The Morgan fingerprint density at radius 3 is 2.53 bits per heavy atom. The number of nitrogen functional groups attached to an aromatic ring is 1. The summed E-state index contributed by atoms with van der Waals surface area (Å²) in [4.78, 5) is 7.37. The molecule has 2 aromatic rings. The monoisotopic (exact) mass is 301 g/mol. The summed E-state index contributed by atoms with van der Waals surface area (Å²) in [6.45, 7) is 1.91. The molecular weight excluding hydrogens is 290 g/mol. The number of nitrogens with two attached hydrogens (primary N) is 1. The molecule has 0 bridgehead atoms. The highest BCUT2D eigenvalue weighted by molar-refractivity contribution is 7.93. The highest BCUT2D eigenvalue weighted by Crippen LogP contribution is 2.19. The number of nitrogens with zero attached hydrogens (tertiary/aromatic N) is 4. The van der Waals surface area contributed by atoms with Crippen LogP contribution in [-0.2, 0) is 16.4 Å². The highest BCUT2D eigenvalue weighted by Gasteiger charge is 2.17. The maximum Gasteiger partial charge on any atom is 0.266 e. The zero-order valence-corrected chi connectivity index (χ0v) is 11.5. The van der Waals surface area contributed by atoms with Crippen molar-refractivity contribution < 1.29 is 8.42 Å². The van der Waals surface area contributed by atoms with Crippen LogP contribution in [0.1, 0.15) is 11.9 Å². The predicted molar refractivity (Wildman–Crippen MR) is 69.9 cm³/mol. The van der Waals surface area contributed by atoms with Gasteiger partial charge in [-0.1, -0.05) is 18.3 Å². The van der Waals surface area contributed by atoms with Gasteiger partial charge in [-0.05, 0) is 6.42 Å². The van der Waals surface area contributed by atoms with Crippen molar-refractivity contribution in [3.63, 3.8) is 0 Å². The van der Waals surface area contributed by atoms with E-state index in [1.807, 2.05) is 6.92 Å². The van der Waals surface area contributed by atoms with Crippen molar-refractivity contribution in [2.24, 2.45) is 5.84 Å². The van der Waals surface area contributed by atoms with Gasteiger partial charge in [-0.2, -0.15) is 0 Å². The quantitative estimate of drug-likeness (QED) is 0.517. The summed E-state index contributed by atoms with van der Waals surface area (Å²) in [6.07, 6.45) is 2.98. The lowest BCUT2D eigenvalue weighted by atomic mass is 10.5. The second-order valence-electron chi connectivity index (χ2n) is 3.35. The fourth-order valence-electron chi connectivity index (χ4n) is 1.14. The smallest absolute Gasteiger partial charge is 0.266 e. The predicted octanol–water partition coefficient (Wildman–Crippen LogP) is -0.0231. The average molecular weight is 301 g/mol. The Morgan fingerprint density at radius 1 is 1.32 bits per heavy atom. The Hall–Kier alpha value is -1.85. The van der Waals surface area contributed by atoms with Gasteiger partial charge in [0.15, 0.2) is 0 Å². The van der Waals surface area contributed by atoms with Crippen LogP contribution in [0.25, 0.3) is 0 Å². The van der Waals surface area contributed by atoms with E-state index < -0.39 is 10.0 Å². The average Bonchev–Trinajstić information content (AvgIpc) is 2.85. The first kappa shape index (κ1) is 13.6. The van der Waals surface area contributed by atoms with Gasteiger partial charge in [-0.3, -0.25) is 10.1 Å². The molecule has 0 unspecified atom stereocenters. The second-order valence-corrected chi connectivity index (χ2v) is 6.09. The van der Waals surface area contributed by atoms with Gasteiger partial charge in [0, 0.05) is 0 Å². The van der Waals surface area contributed by atoms with E-state index in [-0.39, 0.29) is 16.0 Å². The molecule has 0 spiro atoms. The van der Waals surface area contributed by atoms with Crippen LogP contribution in [0.5, 0.6) is 0 Å². The number of nitrogens with one attached hydrogen (secondary N) is 2. The largest absolute Gasteiger partial charge is 0.292 e. The van der Waals surface area contributed by atoms with E-state index in [9.17, 15) is 8.42 Å². The Labute approximate surface area is 113 Å². The zero-order chi connectivity index (χ0) is 13.9. The first-order valence-corrected chi connectivity index (χ1v) is 7.49. The molecule has 0 saturated heterocycles. The summed E-state index contributed by atoms with van der Waals surface area (Å²) in [5.41, 5.74) is 2.21. The van der Waals surface area contributed by atoms with E-state index in [4.69, 9.17) is 5.84 Å². The Morgan fingerprint density at radius 2 is 2.00 bits per heavy atom. The van der Waals surface area contributed by atoms with Crippen molar-refractivity contribution in [3.8, 4) is 0 Å². The molecule has 0 atom stereocenters. The fraction of sp³-hybridized carbons (Fsp3) is 0.250. The van der Waals surface area contributed by atoms with Gasteiger partial charge in [0.2, 0.25) is 11.1 Å². The van der Waals surface area contributed by atoms with Crippen molar-refractivity contribution in [1.29, 1.82) is 0 Å². The lowest BCUT2D eigenvalue weighted by Gasteiger charge is -2.04. The first-order chi connectivity index (χ1) is 9.05. The lowest BCUT2D eigenvalue weighted by molar-refractivity contribution is 0.600. The van der Waals surface area contributed by atoms with Crippen LogP contribution in [0.4, 0.5) is 11.1 Å². The van der Waals surface area contributed by atoms with Gasteiger partial charge in [0.1, 0.15) is 9.90 Å². The van der Waals surface area contributed by atoms with E-state index >= 15 is 0 Å².